The van der Waals surface area contributed by atoms with E-state index in [2.05, 4.69) is 28.4 Å². The minimum atomic E-state index is 0.449. The fourth-order valence-electron chi connectivity index (χ4n) is 3.22. The summed E-state index contributed by atoms with van der Waals surface area (Å²) in [5, 5.41) is 4.33. The van der Waals surface area contributed by atoms with Crippen molar-refractivity contribution in [2.75, 3.05) is 39.4 Å². The van der Waals surface area contributed by atoms with Crippen molar-refractivity contribution in [1.82, 2.24) is 10.2 Å². The van der Waals surface area contributed by atoms with Gasteiger partial charge in [0.25, 0.3) is 0 Å². The number of nitrogens with one attached hydrogen (secondary N) is 1. The molecule has 3 nitrogen and oxygen atoms in total. The van der Waals surface area contributed by atoms with Crippen molar-refractivity contribution in [3.63, 3.8) is 0 Å². The Morgan fingerprint density at radius 1 is 1.40 bits per heavy atom. The molecule has 0 bridgehead atoms. The molecule has 2 saturated heterocycles. The number of ether oxygens (including phenoxy) is 1. The molecule has 1 N–H and O–H groups in total. The lowest BCUT2D eigenvalue weighted by atomic mass is 10.0. The van der Waals surface area contributed by atoms with Crippen LogP contribution in [0.4, 0.5) is 0 Å². The Bertz CT molecular complexity index is 434. The fourth-order valence-corrected chi connectivity index (χ4v) is 3.41. The summed E-state index contributed by atoms with van der Waals surface area (Å²) in [7, 11) is 0. The zero-order valence-electron chi connectivity index (χ0n) is 11.9. The van der Waals surface area contributed by atoms with Crippen LogP contribution in [0.1, 0.15) is 24.4 Å². The summed E-state index contributed by atoms with van der Waals surface area (Å²) < 4.78 is 5.48. The van der Waals surface area contributed by atoms with Gasteiger partial charge in [0.2, 0.25) is 0 Å². The lowest BCUT2D eigenvalue weighted by molar-refractivity contribution is 0.143. The number of hydrogen-bond acceptors (Lipinski definition) is 3. The van der Waals surface area contributed by atoms with E-state index in [1.165, 1.54) is 18.4 Å². The molecule has 2 aliphatic heterocycles. The van der Waals surface area contributed by atoms with E-state index in [-0.39, 0.29) is 0 Å². The molecule has 0 spiro atoms. The highest BCUT2D eigenvalue weighted by molar-refractivity contribution is 6.30. The van der Waals surface area contributed by atoms with Gasteiger partial charge in [0.05, 0.1) is 0 Å². The minimum Gasteiger partial charge on any atom is -0.381 e. The van der Waals surface area contributed by atoms with Gasteiger partial charge in [0.1, 0.15) is 0 Å². The minimum absolute atomic E-state index is 0.449. The van der Waals surface area contributed by atoms with Gasteiger partial charge in [0.15, 0.2) is 0 Å². The average molecular weight is 295 g/mol. The van der Waals surface area contributed by atoms with Crippen LogP contribution in [-0.2, 0) is 4.74 Å². The largest absolute Gasteiger partial charge is 0.381 e. The first kappa shape index (κ1) is 14.3. The summed E-state index contributed by atoms with van der Waals surface area (Å²) >= 11 is 6.14. The molecule has 2 fully saturated rings. The Morgan fingerprint density at radius 2 is 2.35 bits per heavy atom. The zero-order valence-corrected chi connectivity index (χ0v) is 12.6. The van der Waals surface area contributed by atoms with E-state index in [0.717, 1.165) is 50.3 Å². The van der Waals surface area contributed by atoms with Gasteiger partial charge in [-0.3, -0.25) is 4.90 Å². The van der Waals surface area contributed by atoms with E-state index in [4.69, 9.17) is 16.3 Å². The predicted molar refractivity (Wildman–Crippen MR) is 82.2 cm³/mol. The molecule has 1 aromatic rings. The molecule has 4 heteroatoms. The molecule has 2 unspecified atom stereocenters. The third-order valence-corrected chi connectivity index (χ3v) is 4.67. The average Bonchev–Trinajstić information content (AvgIpc) is 2.99. The number of halogens is 1. The molecule has 0 aromatic heterocycles. The maximum absolute atomic E-state index is 6.14. The van der Waals surface area contributed by atoms with Gasteiger partial charge in [-0.05, 0) is 43.0 Å². The van der Waals surface area contributed by atoms with E-state index >= 15 is 0 Å². The van der Waals surface area contributed by atoms with Crippen LogP contribution in [0.2, 0.25) is 5.02 Å². The van der Waals surface area contributed by atoms with Gasteiger partial charge in [-0.15, -0.1) is 0 Å². The van der Waals surface area contributed by atoms with Gasteiger partial charge < -0.3 is 10.1 Å². The van der Waals surface area contributed by atoms with Crippen molar-refractivity contribution >= 4 is 11.6 Å². The lowest BCUT2D eigenvalue weighted by Gasteiger charge is -2.37. The summed E-state index contributed by atoms with van der Waals surface area (Å²) in [4.78, 5) is 2.60. The Hall–Kier alpha value is -0.610. The second-order valence-electron chi connectivity index (χ2n) is 5.83. The van der Waals surface area contributed by atoms with Gasteiger partial charge >= 0.3 is 0 Å². The van der Waals surface area contributed by atoms with Crippen LogP contribution in [-0.4, -0.2) is 44.3 Å². The van der Waals surface area contributed by atoms with Crippen LogP contribution >= 0.6 is 11.6 Å². The van der Waals surface area contributed by atoms with Crippen molar-refractivity contribution in [3.05, 3.63) is 34.9 Å². The first-order valence-electron chi connectivity index (χ1n) is 7.61. The molecule has 1 aromatic carbocycles. The van der Waals surface area contributed by atoms with Crippen molar-refractivity contribution in [2.24, 2.45) is 5.92 Å². The van der Waals surface area contributed by atoms with Crippen molar-refractivity contribution in [1.29, 1.82) is 0 Å². The molecule has 20 heavy (non-hydrogen) atoms. The second kappa shape index (κ2) is 6.90. The SMILES string of the molecule is Clc1cccc(C2CNCCN2CCC2CCOC2)c1. The zero-order chi connectivity index (χ0) is 13.8. The second-order valence-corrected chi connectivity index (χ2v) is 6.27. The van der Waals surface area contributed by atoms with Gasteiger partial charge in [0, 0.05) is 43.9 Å². The highest BCUT2D eigenvalue weighted by Crippen LogP contribution is 2.26. The number of nitrogens with zero attached hydrogens (tertiary/aromatic N) is 1. The van der Waals surface area contributed by atoms with E-state index in [1.54, 1.807) is 0 Å². The smallest absolute Gasteiger partial charge is 0.0495 e. The number of hydrogen-bond donors (Lipinski definition) is 1. The topological polar surface area (TPSA) is 24.5 Å². The van der Waals surface area contributed by atoms with Crippen LogP contribution in [0, 0.1) is 5.92 Å². The molecule has 3 rings (SSSR count). The highest BCUT2D eigenvalue weighted by atomic mass is 35.5. The quantitative estimate of drug-likeness (QED) is 0.924. The molecule has 2 heterocycles. The molecule has 0 aliphatic carbocycles. The van der Waals surface area contributed by atoms with Crippen LogP contribution < -0.4 is 5.32 Å². The van der Waals surface area contributed by atoms with Crippen molar-refractivity contribution in [2.45, 2.75) is 18.9 Å². The van der Waals surface area contributed by atoms with E-state index in [9.17, 15) is 0 Å². The molecule has 2 aliphatic rings. The highest BCUT2D eigenvalue weighted by Gasteiger charge is 2.25. The van der Waals surface area contributed by atoms with Gasteiger partial charge in [-0.25, -0.2) is 0 Å². The van der Waals surface area contributed by atoms with E-state index in [0.29, 0.717) is 6.04 Å². The number of piperazine rings is 1. The van der Waals surface area contributed by atoms with Gasteiger partial charge in [-0.2, -0.15) is 0 Å². The molecule has 2 atom stereocenters. The standard InChI is InChI=1S/C16H23ClN2O/c17-15-3-1-2-14(10-15)16-11-18-6-8-19(16)7-4-13-5-9-20-12-13/h1-3,10,13,16,18H,4-9,11-12H2. The Morgan fingerprint density at radius 3 is 3.15 bits per heavy atom. The normalized spacial score (nSPS) is 27.9. The Balaban J connectivity index is 1.64. The Kier molecular flexibility index (Phi) is 4.94. The molecular weight excluding hydrogens is 272 g/mol. The van der Waals surface area contributed by atoms with Gasteiger partial charge in [-0.1, -0.05) is 23.7 Å². The Labute approximate surface area is 126 Å². The number of benzene rings is 1. The summed E-state index contributed by atoms with van der Waals surface area (Å²) in [6.45, 7) is 6.27. The van der Waals surface area contributed by atoms with Crippen LogP contribution in [0.25, 0.3) is 0 Å². The first-order chi connectivity index (χ1) is 9.83. The van der Waals surface area contributed by atoms with Crippen molar-refractivity contribution in [3.8, 4) is 0 Å². The van der Waals surface area contributed by atoms with E-state index in [1.807, 2.05) is 6.07 Å². The third-order valence-electron chi connectivity index (χ3n) is 4.44. The predicted octanol–water partition coefficient (Wildman–Crippen LogP) is 2.71. The summed E-state index contributed by atoms with van der Waals surface area (Å²) in [5.41, 5.74) is 1.33. The summed E-state index contributed by atoms with van der Waals surface area (Å²) in [6, 6.07) is 8.74. The van der Waals surface area contributed by atoms with Crippen LogP contribution in [0.5, 0.6) is 0 Å². The molecule has 110 valence electrons. The maximum atomic E-state index is 6.14. The number of rotatable bonds is 4. The van der Waals surface area contributed by atoms with Crippen LogP contribution in [0.3, 0.4) is 0 Å². The summed E-state index contributed by atoms with van der Waals surface area (Å²) in [5.74, 6) is 0.755. The molecule has 0 amide bonds. The third kappa shape index (κ3) is 3.53. The van der Waals surface area contributed by atoms with Crippen LogP contribution in [0.15, 0.2) is 24.3 Å². The van der Waals surface area contributed by atoms with E-state index < -0.39 is 0 Å². The summed E-state index contributed by atoms with van der Waals surface area (Å²) in [6.07, 6.45) is 2.48. The maximum Gasteiger partial charge on any atom is 0.0495 e. The van der Waals surface area contributed by atoms with Crippen molar-refractivity contribution < 1.29 is 4.74 Å². The molecule has 0 radical (unpaired) electrons. The first-order valence-corrected chi connectivity index (χ1v) is 7.99. The lowest BCUT2D eigenvalue weighted by Crippen LogP contribution is -2.46. The molecular formula is C16H23ClN2O. The molecule has 0 saturated carbocycles. The monoisotopic (exact) mass is 294 g/mol. The fraction of sp³-hybridized carbons (Fsp3) is 0.625.